The molecule has 0 bridgehead atoms. The highest BCUT2D eigenvalue weighted by Crippen LogP contribution is 2.23. The Labute approximate surface area is 148 Å². The van der Waals surface area contributed by atoms with Gasteiger partial charge in [0.25, 0.3) is 5.91 Å². The minimum absolute atomic E-state index is 0.0440. The number of hydrogen-bond acceptors (Lipinski definition) is 5. The van der Waals surface area contributed by atoms with Crippen LogP contribution in [0.5, 0.6) is 5.75 Å². The van der Waals surface area contributed by atoms with Crippen molar-refractivity contribution in [1.82, 2.24) is 9.97 Å². The van der Waals surface area contributed by atoms with Gasteiger partial charge < -0.3 is 15.0 Å². The monoisotopic (exact) mass is 340 g/mol. The van der Waals surface area contributed by atoms with Crippen molar-refractivity contribution in [2.75, 3.05) is 29.9 Å². The van der Waals surface area contributed by atoms with Crippen LogP contribution < -0.4 is 15.0 Å². The van der Waals surface area contributed by atoms with Crippen molar-refractivity contribution in [2.24, 2.45) is 0 Å². The normalized spacial score (nSPS) is 13.8. The molecule has 3 rings (SSSR count). The third-order valence-corrected chi connectivity index (χ3v) is 4.36. The zero-order valence-electron chi connectivity index (χ0n) is 15.0. The summed E-state index contributed by atoms with van der Waals surface area (Å²) in [5.41, 5.74) is 3.22. The van der Waals surface area contributed by atoms with E-state index in [1.54, 1.807) is 0 Å². The first-order valence-electron chi connectivity index (χ1n) is 8.63. The van der Waals surface area contributed by atoms with Crippen LogP contribution in [0.1, 0.15) is 29.8 Å². The predicted octanol–water partition coefficient (Wildman–Crippen LogP) is 3.02. The Balaban J connectivity index is 1.65. The number of anilines is 2. The molecule has 25 heavy (non-hydrogen) atoms. The number of carbonyl (C=O) groups is 1. The summed E-state index contributed by atoms with van der Waals surface area (Å²) < 4.78 is 5.59. The fourth-order valence-corrected chi connectivity index (χ4v) is 2.98. The minimum Gasteiger partial charge on any atom is -0.483 e. The first kappa shape index (κ1) is 17.2. The highest BCUT2D eigenvalue weighted by atomic mass is 16.5. The number of para-hydroxylation sites is 1. The Hall–Kier alpha value is -2.63. The average Bonchev–Trinajstić information content (AvgIpc) is 3.12. The summed E-state index contributed by atoms with van der Waals surface area (Å²) in [5, 5.41) is 2.88. The summed E-state index contributed by atoms with van der Waals surface area (Å²) in [4.78, 5) is 23.5. The van der Waals surface area contributed by atoms with Gasteiger partial charge in [0.05, 0.1) is 17.1 Å². The first-order valence-corrected chi connectivity index (χ1v) is 8.63. The second-order valence-corrected chi connectivity index (χ2v) is 6.37. The lowest BCUT2D eigenvalue weighted by Gasteiger charge is -2.18. The Morgan fingerprint density at radius 1 is 1.12 bits per heavy atom. The Morgan fingerprint density at radius 3 is 2.40 bits per heavy atom. The number of nitrogens with zero attached hydrogens (tertiary/aromatic N) is 3. The molecule has 1 aromatic carbocycles. The van der Waals surface area contributed by atoms with Crippen molar-refractivity contribution < 1.29 is 9.53 Å². The summed E-state index contributed by atoms with van der Waals surface area (Å²) in [5.74, 6) is 1.25. The van der Waals surface area contributed by atoms with Crippen molar-refractivity contribution in [1.29, 1.82) is 0 Å². The van der Waals surface area contributed by atoms with E-state index in [-0.39, 0.29) is 12.5 Å². The lowest BCUT2D eigenvalue weighted by molar-refractivity contribution is -0.118. The zero-order valence-corrected chi connectivity index (χ0v) is 15.0. The van der Waals surface area contributed by atoms with E-state index in [0.717, 1.165) is 36.0 Å². The van der Waals surface area contributed by atoms with E-state index in [0.29, 0.717) is 11.4 Å². The fraction of sp³-hybridized carbons (Fsp3) is 0.421. The quantitative estimate of drug-likeness (QED) is 0.906. The maximum Gasteiger partial charge on any atom is 0.262 e. The largest absolute Gasteiger partial charge is 0.483 e. The molecule has 1 fully saturated rings. The van der Waals surface area contributed by atoms with Crippen LogP contribution in [-0.4, -0.2) is 35.6 Å². The van der Waals surface area contributed by atoms with Gasteiger partial charge in [-0.1, -0.05) is 18.2 Å². The molecule has 0 spiro atoms. The van der Waals surface area contributed by atoms with Crippen molar-refractivity contribution in [2.45, 2.75) is 33.6 Å². The molecular weight excluding hydrogens is 316 g/mol. The van der Waals surface area contributed by atoms with E-state index in [2.05, 4.69) is 20.2 Å². The van der Waals surface area contributed by atoms with Crippen LogP contribution >= 0.6 is 0 Å². The van der Waals surface area contributed by atoms with Gasteiger partial charge in [0.2, 0.25) is 5.95 Å². The molecule has 1 aromatic heterocycles. The molecule has 132 valence electrons. The summed E-state index contributed by atoms with van der Waals surface area (Å²) in [7, 11) is 0. The number of amides is 1. The van der Waals surface area contributed by atoms with Crippen LogP contribution in [0, 0.1) is 20.8 Å². The molecule has 1 saturated heterocycles. The summed E-state index contributed by atoms with van der Waals surface area (Å²) >= 11 is 0. The molecule has 2 heterocycles. The summed E-state index contributed by atoms with van der Waals surface area (Å²) in [6, 6.07) is 7.63. The number of aromatic nitrogens is 2. The van der Waals surface area contributed by atoms with E-state index in [1.807, 2.05) is 45.0 Å². The standard InChI is InChI=1S/C19H24N4O2/c1-13-8-4-5-9-16(13)25-12-17(24)22-18-14(2)20-19(21-15(18)3)23-10-6-7-11-23/h4-5,8-9H,6-7,10-12H2,1-3H3,(H,22,24). The molecule has 2 aromatic rings. The molecule has 0 radical (unpaired) electrons. The van der Waals surface area contributed by atoms with Crippen molar-refractivity contribution >= 4 is 17.5 Å². The lowest BCUT2D eigenvalue weighted by atomic mass is 10.2. The highest BCUT2D eigenvalue weighted by molar-refractivity contribution is 5.93. The molecule has 0 atom stereocenters. The van der Waals surface area contributed by atoms with E-state index < -0.39 is 0 Å². The van der Waals surface area contributed by atoms with Crippen molar-refractivity contribution in [3.63, 3.8) is 0 Å². The van der Waals surface area contributed by atoms with Gasteiger partial charge in [0, 0.05) is 13.1 Å². The number of benzene rings is 1. The van der Waals surface area contributed by atoms with Crippen LogP contribution in [0.4, 0.5) is 11.6 Å². The molecule has 1 aliphatic heterocycles. The van der Waals surface area contributed by atoms with E-state index >= 15 is 0 Å². The van der Waals surface area contributed by atoms with Gasteiger partial charge >= 0.3 is 0 Å². The third-order valence-electron chi connectivity index (χ3n) is 4.36. The molecule has 0 saturated carbocycles. The highest BCUT2D eigenvalue weighted by Gasteiger charge is 2.18. The first-order chi connectivity index (χ1) is 12.0. The van der Waals surface area contributed by atoms with E-state index in [9.17, 15) is 4.79 Å². The van der Waals surface area contributed by atoms with Crippen LogP contribution in [0.15, 0.2) is 24.3 Å². The fourth-order valence-electron chi connectivity index (χ4n) is 2.98. The molecule has 6 heteroatoms. The SMILES string of the molecule is Cc1ccccc1OCC(=O)Nc1c(C)nc(N2CCCC2)nc1C. The Kier molecular flexibility index (Phi) is 5.16. The summed E-state index contributed by atoms with van der Waals surface area (Å²) in [6.07, 6.45) is 2.35. The number of ether oxygens (including phenoxy) is 1. The van der Waals surface area contributed by atoms with Gasteiger partial charge in [-0.2, -0.15) is 0 Å². The van der Waals surface area contributed by atoms with Crippen molar-refractivity contribution in [3.05, 3.63) is 41.2 Å². The Bertz CT molecular complexity index is 747. The molecule has 1 aliphatic rings. The number of hydrogen-bond donors (Lipinski definition) is 1. The van der Waals surface area contributed by atoms with Crippen LogP contribution in [0.25, 0.3) is 0 Å². The molecule has 1 N–H and O–H groups in total. The second-order valence-electron chi connectivity index (χ2n) is 6.37. The second kappa shape index (κ2) is 7.51. The third kappa shape index (κ3) is 4.07. The predicted molar refractivity (Wildman–Crippen MR) is 98.3 cm³/mol. The van der Waals surface area contributed by atoms with Gasteiger partial charge in [0.1, 0.15) is 5.75 Å². The topological polar surface area (TPSA) is 67.3 Å². The van der Waals surface area contributed by atoms with Gasteiger partial charge in [-0.3, -0.25) is 4.79 Å². The van der Waals surface area contributed by atoms with Crippen LogP contribution in [0.2, 0.25) is 0 Å². The van der Waals surface area contributed by atoms with Crippen LogP contribution in [-0.2, 0) is 4.79 Å². The van der Waals surface area contributed by atoms with Gasteiger partial charge in [-0.15, -0.1) is 0 Å². The molecule has 0 unspecified atom stereocenters. The van der Waals surface area contributed by atoms with Gasteiger partial charge in [-0.05, 0) is 45.2 Å². The number of nitrogens with one attached hydrogen (secondary N) is 1. The van der Waals surface area contributed by atoms with E-state index in [4.69, 9.17) is 4.74 Å². The zero-order chi connectivity index (χ0) is 17.8. The smallest absolute Gasteiger partial charge is 0.262 e. The average molecular weight is 340 g/mol. The Morgan fingerprint density at radius 2 is 1.76 bits per heavy atom. The number of aryl methyl sites for hydroxylation is 3. The van der Waals surface area contributed by atoms with Gasteiger partial charge in [0.15, 0.2) is 6.61 Å². The summed E-state index contributed by atoms with van der Waals surface area (Å²) in [6.45, 7) is 7.69. The van der Waals surface area contributed by atoms with Crippen LogP contribution in [0.3, 0.4) is 0 Å². The molecule has 0 aliphatic carbocycles. The number of rotatable bonds is 5. The molecule has 1 amide bonds. The maximum absolute atomic E-state index is 12.2. The van der Waals surface area contributed by atoms with Crippen molar-refractivity contribution in [3.8, 4) is 5.75 Å². The minimum atomic E-state index is -0.216. The van der Waals surface area contributed by atoms with Gasteiger partial charge in [-0.25, -0.2) is 9.97 Å². The molecular formula is C19H24N4O2. The maximum atomic E-state index is 12.2. The molecule has 6 nitrogen and oxygen atoms in total. The van der Waals surface area contributed by atoms with E-state index in [1.165, 1.54) is 12.8 Å². The lowest BCUT2D eigenvalue weighted by Crippen LogP contribution is -2.24. The number of carbonyl (C=O) groups excluding carboxylic acids is 1.